The largest absolute Gasteiger partial charge is 0.381 e. The maximum absolute atomic E-state index is 13.5. The number of carbonyl (C=O) groups is 2. The van der Waals surface area contributed by atoms with E-state index in [1.165, 1.54) is 6.20 Å². The van der Waals surface area contributed by atoms with Crippen LogP contribution in [0.4, 0.5) is 15.9 Å². The average molecular weight is 518 g/mol. The number of pyridine rings is 2. The summed E-state index contributed by atoms with van der Waals surface area (Å²) in [6.07, 6.45) is 6.75. The smallest absolute Gasteiger partial charge is 0.272 e. The van der Waals surface area contributed by atoms with E-state index in [1.54, 1.807) is 30.6 Å². The van der Waals surface area contributed by atoms with Crippen molar-refractivity contribution in [1.82, 2.24) is 34.4 Å². The number of ether oxygens (including phenoxy) is 1. The molecule has 4 aromatic rings. The molecule has 38 heavy (non-hydrogen) atoms. The summed E-state index contributed by atoms with van der Waals surface area (Å²) >= 11 is 0. The van der Waals surface area contributed by atoms with Crippen molar-refractivity contribution in [3.8, 4) is 11.1 Å². The number of halogens is 1. The van der Waals surface area contributed by atoms with Crippen molar-refractivity contribution in [2.75, 3.05) is 50.4 Å². The van der Waals surface area contributed by atoms with Crippen molar-refractivity contribution in [2.24, 2.45) is 0 Å². The molecule has 0 aliphatic carbocycles. The van der Waals surface area contributed by atoms with Crippen LogP contribution in [0.15, 0.2) is 49.2 Å². The van der Waals surface area contributed by atoms with Gasteiger partial charge in [-0.1, -0.05) is 6.07 Å². The standard InChI is InChI=1S/C25H24FN9O3/c26-16-10-30-23-21(22(27)32-35(23)12-16)24(36)31-20-11-28-4-3-18(20)15-1-2-19(29-9-15)25(37)34-7-5-33(6-8-34)17-13-38-14-17/h1-4,9-12,17H,5-8,13-14H2,(H2,27,32)(H,31,36). The van der Waals surface area contributed by atoms with E-state index in [1.807, 2.05) is 4.90 Å². The number of piperazine rings is 1. The molecule has 2 fully saturated rings. The van der Waals surface area contributed by atoms with E-state index in [9.17, 15) is 14.0 Å². The van der Waals surface area contributed by atoms with Gasteiger partial charge in [0.25, 0.3) is 11.8 Å². The van der Waals surface area contributed by atoms with Gasteiger partial charge in [-0.05, 0) is 12.1 Å². The second-order valence-corrected chi connectivity index (χ2v) is 9.13. The molecule has 0 bridgehead atoms. The summed E-state index contributed by atoms with van der Waals surface area (Å²) in [5.41, 5.74) is 8.14. The Balaban J connectivity index is 1.18. The number of carbonyl (C=O) groups excluding carboxylic acids is 2. The van der Waals surface area contributed by atoms with Crippen LogP contribution in [0.25, 0.3) is 16.8 Å². The molecule has 0 aromatic carbocycles. The topological polar surface area (TPSA) is 144 Å². The maximum atomic E-state index is 13.5. The van der Waals surface area contributed by atoms with Crippen LogP contribution >= 0.6 is 0 Å². The summed E-state index contributed by atoms with van der Waals surface area (Å²) in [6, 6.07) is 5.65. The van der Waals surface area contributed by atoms with Crippen molar-refractivity contribution < 1.29 is 18.7 Å². The summed E-state index contributed by atoms with van der Waals surface area (Å²) in [4.78, 5) is 42.8. The average Bonchev–Trinajstić information content (AvgIpc) is 3.23. The van der Waals surface area contributed by atoms with Gasteiger partial charge in [-0.2, -0.15) is 0 Å². The number of nitrogens with zero attached hydrogens (tertiary/aromatic N) is 7. The fourth-order valence-corrected chi connectivity index (χ4v) is 4.64. The van der Waals surface area contributed by atoms with Crippen LogP contribution in [-0.2, 0) is 4.74 Å². The van der Waals surface area contributed by atoms with Gasteiger partial charge in [0.1, 0.15) is 11.3 Å². The van der Waals surface area contributed by atoms with Crippen molar-refractivity contribution in [3.63, 3.8) is 0 Å². The molecule has 6 heterocycles. The predicted molar refractivity (Wildman–Crippen MR) is 135 cm³/mol. The Morgan fingerprint density at radius 3 is 2.58 bits per heavy atom. The minimum Gasteiger partial charge on any atom is -0.381 e. The van der Waals surface area contributed by atoms with E-state index < -0.39 is 11.7 Å². The van der Waals surface area contributed by atoms with Crippen LogP contribution in [0.5, 0.6) is 0 Å². The first-order valence-electron chi connectivity index (χ1n) is 12.1. The lowest BCUT2D eigenvalue weighted by molar-refractivity contribution is -0.0746. The van der Waals surface area contributed by atoms with E-state index in [-0.39, 0.29) is 22.9 Å². The Labute approximate surface area is 216 Å². The normalized spacial score (nSPS) is 16.4. The number of rotatable bonds is 5. The van der Waals surface area contributed by atoms with Gasteiger partial charge in [-0.15, -0.1) is 5.10 Å². The SMILES string of the molecule is Nc1nn2cc(F)cnc2c1C(=O)Nc1cnccc1-c1ccc(C(=O)N2CCN(C3COC3)CC2)nc1. The van der Waals surface area contributed by atoms with Gasteiger partial charge >= 0.3 is 0 Å². The first-order valence-corrected chi connectivity index (χ1v) is 12.1. The molecule has 0 unspecified atom stereocenters. The second kappa shape index (κ2) is 9.76. The van der Waals surface area contributed by atoms with Crippen molar-refractivity contribution >= 4 is 29.0 Å². The molecule has 2 saturated heterocycles. The van der Waals surface area contributed by atoms with Gasteiger partial charge in [0.2, 0.25) is 0 Å². The van der Waals surface area contributed by atoms with Crippen molar-refractivity contribution in [3.05, 3.63) is 66.3 Å². The molecule has 0 radical (unpaired) electrons. The number of aromatic nitrogens is 5. The lowest BCUT2D eigenvalue weighted by Crippen LogP contribution is -2.57. The zero-order valence-corrected chi connectivity index (χ0v) is 20.2. The number of nitrogens with one attached hydrogen (secondary N) is 1. The molecule has 0 atom stereocenters. The molecule has 4 aromatic heterocycles. The molecule has 194 valence electrons. The number of amides is 2. The summed E-state index contributed by atoms with van der Waals surface area (Å²) in [6.45, 7) is 4.45. The predicted octanol–water partition coefficient (Wildman–Crippen LogP) is 1.32. The van der Waals surface area contributed by atoms with E-state index in [4.69, 9.17) is 10.5 Å². The van der Waals surface area contributed by atoms with E-state index in [0.29, 0.717) is 41.6 Å². The molecule has 2 aliphatic rings. The van der Waals surface area contributed by atoms with Crippen LogP contribution < -0.4 is 11.1 Å². The molecule has 0 spiro atoms. The van der Waals surface area contributed by atoms with Gasteiger partial charge in [0.05, 0.1) is 43.5 Å². The highest BCUT2D eigenvalue weighted by Crippen LogP contribution is 2.28. The van der Waals surface area contributed by atoms with Crippen molar-refractivity contribution in [1.29, 1.82) is 0 Å². The monoisotopic (exact) mass is 517 g/mol. The lowest BCUT2D eigenvalue weighted by atomic mass is 10.1. The van der Waals surface area contributed by atoms with E-state index >= 15 is 0 Å². The number of hydrogen-bond donors (Lipinski definition) is 2. The van der Waals surface area contributed by atoms with E-state index in [2.05, 4.69) is 30.3 Å². The first-order chi connectivity index (χ1) is 18.5. The Morgan fingerprint density at radius 1 is 1.05 bits per heavy atom. The van der Waals surface area contributed by atoms with Gasteiger partial charge in [0.15, 0.2) is 17.3 Å². The quantitative estimate of drug-likeness (QED) is 0.400. The first kappa shape index (κ1) is 23.9. The third kappa shape index (κ3) is 4.41. The Morgan fingerprint density at radius 2 is 1.87 bits per heavy atom. The highest BCUT2D eigenvalue weighted by molar-refractivity contribution is 6.12. The highest BCUT2D eigenvalue weighted by Gasteiger charge is 2.30. The van der Waals surface area contributed by atoms with Gasteiger partial charge in [-0.25, -0.2) is 13.9 Å². The minimum absolute atomic E-state index is 0.0174. The Kier molecular flexibility index (Phi) is 6.13. The van der Waals surface area contributed by atoms with Crippen molar-refractivity contribution in [2.45, 2.75) is 6.04 Å². The summed E-state index contributed by atoms with van der Waals surface area (Å²) < 4.78 is 19.9. The zero-order chi connectivity index (χ0) is 26.2. The molecular formula is C25H24FN9O3. The fourth-order valence-electron chi connectivity index (χ4n) is 4.64. The number of nitrogen functional groups attached to an aromatic ring is 1. The van der Waals surface area contributed by atoms with Gasteiger partial charge in [0, 0.05) is 49.7 Å². The summed E-state index contributed by atoms with van der Waals surface area (Å²) in [7, 11) is 0. The minimum atomic E-state index is -0.609. The van der Waals surface area contributed by atoms with Crippen LogP contribution in [0.2, 0.25) is 0 Å². The maximum Gasteiger partial charge on any atom is 0.272 e. The second-order valence-electron chi connectivity index (χ2n) is 9.13. The Hall–Kier alpha value is -4.49. The number of hydrogen-bond acceptors (Lipinski definition) is 9. The van der Waals surface area contributed by atoms with E-state index in [0.717, 1.165) is 43.2 Å². The van der Waals surface area contributed by atoms with Gasteiger partial charge < -0.3 is 20.7 Å². The molecule has 13 heteroatoms. The van der Waals surface area contributed by atoms with Crippen LogP contribution in [0.1, 0.15) is 20.8 Å². The number of anilines is 2. The van der Waals surface area contributed by atoms with Crippen LogP contribution in [0, 0.1) is 5.82 Å². The summed E-state index contributed by atoms with van der Waals surface area (Å²) in [5, 5.41) is 6.75. The molecule has 2 aliphatic heterocycles. The third-order valence-corrected chi connectivity index (χ3v) is 6.80. The van der Waals surface area contributed by atoms with Crippen LogP contribution in [0.3, 0.4) is 0 Å². The molecule has 2 amide bonds. The molecule has 12 nitrogen and oxygen atoms in total. The number of nitrogens with two attached hydrogens (primary N) is 1. The fraction of sp³-hybridized carbons (Fsp3) is 0.280. The Bertz CT molecular complexity index is 1510. The molecular weight excluding hydrogens is 493 g/mol. The molecule has 0 saturated carbocycles. The summed E-state index contributed by atoms with van der Waals surface area (Å²) in [5.74, 6) is -1.38. The van der Waals surface area contributed by atoms with Crippen LogP contribution in [-0.4, -0.2) is 91.6 Å². The number of fused-ring (bicyclic) bond motifs is 1. The molecule has 6 rings (SSSR count). The third-order valence-electron chi connectivity index (χ3n) is 6.80. The lowest BCUT2D eigenvalue weighted by Gasteiger charge is -2.42. The van der Waals surface area contributed by atoms with Gasteiger partial charge in [-0.3, -0.25) is 24.5 Å². The highest BCUT2D eigenvalue weighted by atomic mass is 19.1. The zero-order valence-electron chi connectivity index (χ0n) is 20.2. The molecule has 3 N–H and O–H groups in total.